The lowest BCUT2D eigenvalue weighted by Gasteiger charge is -2.26. The van der Waals surface area contributed by atoms with E-state index in [9.17, 15) is 4.79 Å². The topological polar surface area (TPSA) is 42.4 Å². The number of hydrogen-bond donors (Lipinski definition) is 0. The number of nitrogens with zero attached hydrogens (tertiary/aromatic N) is 2. The fourth-order valence-electron chi connectivity index (χ4n) is 2.79. The molecule has 0 saturated carbocycles. The van der Waals surface area contributed by atoms with Crippen molar-refractivity contribution in [2.45, 2.75) is 40.0 Å². The Morgan fingerprint density at radius 3 is 2.57 bits per heavy atom. The van der Waals surface area contributed by atoms with Gasteiger partial charge in [-0.05, 0) is 56.7 Å². The van der Waals surface area contributed by atoms with Gasteiger partial charge in [0.15, 0.2) is 0 Å². The number of halogens is 1. The van der Waals surface area contributed by atoms with E-state index in [0.29, 0.717) is 18.2 Å². The van der Waals surface area contributed by atoms with E-state index in [4.69, 9.17) is 16.3 Å². The SMILES string of the molecule is Cc1ccccc1C(=O)N(Cc1csc(COc2ccc(Cl)cc2)n1)C(C)C. The van der Waals surface area contributed by atoms with Crippen molar-refractivity contribution >= 4 is 28.8 Å². The highest BCUT2D eigenvalue weighted by molar-refractivity contribution is 7.09. The molecule has 3 rings (SSSR count). The maximum Gasteiger partial charge on any atom is 0.254 e. The van der Waals surface area contributed by atoms with E-state index in [2.05, 4.69) is 4.98 Å². The number of carbonyl (C=O) groups is 1. The van der Waals surface area contributed by atoms with Gasteiger partial charge in [-0.15, -0.1) is 11.3 Å². The number of benzene rings is 2. The fraction of sp³-hybridized carbons (Fsp3) is 0.273. The number of aromatic nitrogens is 1. The number of rotatable bonds is 7. The van der Waals surface area contributed by atoms with Crippen LogP contribution in [0.15, 0.2) is 53.9 Å². The summed E-state index contributed by atoms with van der Waals surface area (Å²) in [6.45, 7) is 6.86. The average Bonchev–Trinajstić information content (AvgIpc) is 3.13. The molecule has 0 atom stereocenters. The lowest BCUT2D eigenvalue weighted by atomic mass is 10.1. The number of aryl methyl sites for hydroxylation is 1. The first kappa shape index (κ1) is 20.4. The van der Waals surface area contributed by atoms with Gasteiger partial charge in [-0.25, -0.2) is 4.98 Å². The third-order valence-electron chi connectivity index (χ3n) is 4.37. The molecule has 1 aromatic heterocycles. The van der Waals surface area contributed by atoms with E-state index in [1.54, 1.807) is 12.1 Å². The minimum Gasteiger partial charge on any atom is -0.486 e. The zero-order chi connectivity index (χ0) is 20.1. The van der Waals surface area contributed by atoms with Gasteiger partial charge in [0.1, 0.15) is 17.4 Å². The second kappa shape index (κ2) is 9.22. The summed E-state index contributed by atoms with van der Waals surface area (Å²) in [5.74, 6) is 0.778. The first-order valence-corrected chi connectivity index (χ1v) is 10.4. The molecule has 0 saturated heterocycles. The highest BCUT2D eigenvalue weighted by Crippen LogP contribution is 2.20. The fourth-order valence-corrected chi connectivity index (χ4v) is 3.62. The first-order valence-electron chi connectivity index (χ1n) is 9.12. The van der Waals surface area contributed by atoms with Crippen LogP contribution in [0.2, 0.25) is 5.02 Å². The Balaban J connectivity index is 1.66. The van der Waals surface area contributed by atoms with E-state index in [1.807, 2.05) is 67.4 Å². The Hall–Kier alpha value is -2.37. The van der Waals surface area contributed by atoms with E-state index in [1.165, 1.54) is 11.3 Å². The van der Waals surface area contributed by atoms with Gasteiger partial charge in [0.2, 0.25) is 0 Å². The highest BCUT2D eigenvalue weighted by atomic mass is 35.5. The molecule has 0 radical (unpaired) electrons. The lowest BCUT2D eigenvalue weighted by Crippen LogP contribution is -2.36. The Kier molecular flexibility index (Phi) is 6.70. The Labute approximate surface area is 174 Å². The van der Waals surface area contributed by atoms with E-state index in [-0.39, 0.29) is 11.9 Å². The van der Waals surface area contributed by atoms with Crippen molar-refractivity contribution in [1.29, 1.82) is 0 Å². The van der Waals surface area contributed by atoms with Crippen molar-refractivity contribution in [2.24, 2.45) is 0 Å². The third-order valence-corrected chi connectivity index (χ3v) is 5.49. The van der Waals surface area contributed by atoms with E-state index < -0.39 is 0 Å². The molecule has 0 N–H and O–H groups in total. The predicted molar refractivity (Wildman–Crippen MR) is 114 cm³/mol. The molecule has 0 aliphatic rings. The van der Waals surface area contributed by atoms with Gasteiger partial charge in [0, 0.05) is 22.0 Å². The summed E-state index contributed by atoms with van der Waals surface area (Å²) in [4.78, 5) is 19.5. The second-order valence-corrected chi connectivity index (χ2v) is 8.20. The van der Waals surface area contributed by atoms with Crippen LogP contribution in [0.25, 0.3) is 0 Å². The molecule has 28 heavy (non-hydrogen) atoms. The Bertz CT molecular complexity index is 938. The molecule has 0 spiro atoms. The molecule has 1 amide bonds. The molecular weight excluding hydrogens is 392 g/mol. The van der Waals surface area contributed by atoms with Gasteiger partial charge in [0.05, 0.1) is 12.2 Å². The van der Waals surface area contributed by atoms with Gasteiger partial charge in [0.25, 0.3) is 5.91 Å². The molecule has 0 unspecified atom stereocenters. The molecule has 4 nitrogen and oxygen atoms in total. The van der Waals surface area contributed by atoms with Crippen molar-refractivity contribution in [1.82, 2.24) is 9.88 Å². The summed E-state index contributed by atoms with van der Waals surface area (Å²) in [5.41, 5.74) is 2.58. The molecule has 0 bridgehead atoms. The lowest BCUT2D eigenvalue weighted by molar-refractivity contribution is 0.0687. The monoisotopic (exact) mass is 414 g/mol. The van der Waals surface area contributed by atoms with Gasteiger partial charge in [-0.2, -0.15) is 0 Å². The highest BCUT2D eigenvalue weighted by Gasteiger charge is 2.21. The number of ether oxygens (including phenoxy) is 1. The molecular formula is C22H23ClN2O2S. The van der Waals surface area contributed by atoms with Crippen LogP contribution in [0, 0.1) is 6.92 Å². The molecule has 1 heterocycles. The smallest absolute Gasteiger partial charge is 0.254 e. The number of carbonyl (C=O) groups excluding carboxylic acids is 1. The summed E-state index contributed by atoms with van der Waals surface area (Å²) < 4.78 is 5.75. The second-order valence-electron chi connectivity index (χ2n) is 6.82. The zero-order valence-electron chi connectivity index (χ0n) is 16.2. The predicted octanol–water partition coefficient (Wildman–Crippen LogP) is 5.73. The maximum absolute atomic E-state index is 13.0. The molecule has 0 aliphatic carbocycles. The largest absolute Gasteiger partial charge is 0.486 e. The number of amides is 1. The summed E-state index contributed by atoms with van der Waals surface area (Å²) in [6, 6.07) is 15.0. The van der Waals surface area contributed by atoms with Crippen molar-refractivity contribution in [3.63, 3.8) is 0 Å². The van der Waals surface area contributed by atoms with Crippen LogP contribution in [0.3, 0.4) is 0 Å². The summed E-state index contributed by atoms with van der Waals surface area (Å²) >= 11 is 7.42. The van der Waals surface area contributed by atoms with Gasteiger partial charge < -0.3 is 9.64 Å². The molecule has 146 valence electrons. The molecule has 3 aromatic rings. The van der Waals surface area contributed by atoms with Crippen LogP contribution >= 0.6 is 22.9 Å². The average molecular weight is 415 g/mol. The van der Waals surface area contributed by atoms with Gasteiger partial charge in [-0.3, -0.25) is 4.79 Å². The molecule has 0 fully saturated rings. The molecule has 2 aromatic carbocycles. The summed E-state index contributed by atoms with van der Waals surface area (Å²) in [7, 11) is 0. The van der Waals surface area contributed by atoms with Crippen LogP contribution < -0.4 is 4.74 Å². The van der Waals surface area contributed by atoms with Crippen molar-refractivity contribution in [3.8, 4) is 5.75 Å². The third kappa shape index (κ3) is 5.12. The zero-order valence-corrected chi connectivity index (χ0v) is 17.8. The normalized spacial score (nSPS) is 10.9. The minimum absolute atomic E-state index is 0.0278. The van der Waals surface area contributed by atoms with Crippen LogP contribution in [0.4, 0.5) is 0 Å². The minimum atomic E-state index is 0.0278. The first-order chi connectivity index (χ1) is 13.4. The van der Waals surface area contributed by atoms with Crippen LogP contribution in [-0.4, -0.2) is 21.8 Å². The summed E-state index contributed by atoms with van der Waals surface area (Å²) in [6.07, 6.45) is 0. The van der Waals surface area contributed by atoms with Gasteiger partial charge in [-0.1, -0.05) is 29.8 Å². The quantitative estimate of drug-likeness (QED) is 0.495. The maximum atomic E-state index is 13.0. The van der Waals surface area contributed by atoms with E-state index in [0.717, 1.165) is 27.6 Å². The molecule has 0 aliphatic heterocycles. The standard InChI is InChI=1S/C22H23ClN2O2S/c1-15(2)25(22(26)20-7-5-4-6-16(20)3)12-18-14-28-21(24-18)13-27-19-10-8-17(23)9-11-19/h4-11,14-15H,12-13H2,1-3H3. The van der Waals surface area contributed by atoms with Crippen LogP contribution in [-0.2, 0) is 13.2 Å². The van der Waals surface area contributed by atoms with E-state index >= 15 is 0 Å². The number of hydrogen-bond acceptors (Lipinski definition) is 4. The van der Waals surface area contributed by atoms with Crippen molar-refractivity contribution in [2.75, 3.05) is 0 Å². The Morgan fingerprint density at radius 2 is 1.89 bits per heavy atom. The Morgan fingerprint density at radius 1 is 1.18 bits per heavy atom. The summed E-state index contributed by atoms with van der Waals surface area (Å²) in [5, 5.41) is 3.54. The van der Waals surface area contributed by atoms with Gasteiger partial charge >= 0.3 is 0 Å². The molecule has 6 heteroatoms. The van der Waals surface area contributed by atoms with Crippen LogP contribution in [0.5, 0.6) is 5.75 Å². The van der Waals surface area contributed by atoms with Crippen molar-refractivity contribution < 1.29 is 9.53 Å². The van der Waals surface area contributed by atoms with Crippen molar-refractivity contribution in [3.05, 3.63) is 80.8 Å². The number of thiazole rings is 1. The van der Waals surface area contributed by atoms with Crippen LogP contribution in [0.1, 0.15) is 40.5 Å².